The molecule has 6 nitrogen and oxygen atoms in total. The minimum absolute atomic E-state index is 0.143. The Balaban J connectivity index is 1.50. The molecule has 4 fully saturated rings. The predicted molar refractivity (Wildman–Crippen MR) is 113 cm³/mol. The van der Waals surface area contributed by atoms with Gasteiger partial charge in [-0.05, 0) is 74.7 Å². The van der Waals surface area contributed by atoms with Crippen molar-refractivity contribution in [3.05, 3.63) is 23.5 Å². The van der Waals surface area contributed by atoms with Crippen molar-refractivity contribution in [3.8, 4) is 0 Å². The lowest BCUT2D eigenvalue weighted by Crippen LogP contribution is -2.54. The first-order valence-corrected chi connectivity index (χ1v) is 11.7. The van der Waals surface area contributed by atoms with E-state index in [4.69, 9.17) is 18.9 Å². The average molecular weight is 431 g/mol. The number of carbonyl (C=O) groups is 2. The average Bonchev–Trinajstić information content (AvgIpc) is 3.22. The molecule has 0 aromatic rings. The summed E-state index contributed by atoms with van der Waals surface area (Å²) in [5.74, 6) is 1.53. The zero-order valence-corrected chi connectivity index (χ0v) is 19.1. The number of allylic oxidation sites excluding steroid dienone is 1. The quantitative estimate of drug-likeness (QED) is 0.481. The molecule has 0 bridgehead atoms. The fourth-order valence-corrected chi connectivity index (χ4v) is 7.82. The molecule has 0 N–H and O–H groups in total. The summed E-state index contributed by atoms with van der Waals surface area (Å²) in [5, 5.41) is 0. The predicted octanol–water partition coefficient (Wildman–Crippen LogP) is 4.29. The maximum atomic E-state index is 12.2. The number of carbonyl (C=O) groups excluding carboxylic acids is 2. The minimum atomic E-state index is -1.21. The summed E-state index contributed by atoms with van der Waals surface area (Å²) in [7, 11) is 2.95. The van der Waals surface area contributed by atoms with Gasteiger partial charge in [-0.25, -0.2) is 4.79 Å². The minimum Gasteiger partial charge on any atom is -0.466 e. The van der Waals surface area contributed by atoms with Crippen molar-refractivity contribution in [1.29, 1.82) is 0 Å². The number of fused-ring (bicyclic) bond motifs is 6. The van der Waals surface area contributed by atoms with Gasteiger partial charge in [-0.15, -0.1) is 0 Å². The van der Waals surface area contributed by atoms with E-state index >= 15 is 0 Å². The summed E-state index contributed by atoms with van der Waals surface area (Å²) in [6.45, 7) is 4.10. The van der Waals surface area contributed by atoms with Crippen LogP contribution in [0.3, 0.4) is 0 Å². The number of hydrogen-bond donors (Lipinski definition) is 0. The molecule has 7 atom stereocenters. The van der Waals surface area contributed by atoms with E-state index in [1.807, 2.05) is 6.08 Å². The van der Waals surface area contributed by atoms with E-state index in [-0.39, 0.29) is 5.41 Å². The van der Waals surface area contributed by atoms with Crippen LogP contribution in [0.25, 0.3) is 0 Å². The Labute approximate surface area is 184 Å². The molecule has 1 unspecified atom stereocenters. The van der Waals surface area contributed by atoms with Gasteiger partial charge in [0.25, 0.3) is 0 Å². The van der Waals surface area contributed by atoms with Gasteiger partial charge in [-0.1, -0.05) is 12.5 Å². The zero-order chi connectivity index (χ0) is 22.0. The highest BCUT2D eigenvalue weighted by Crippen LogP contribution is 2.69. The van der Waals surface area contributed by atoms with Crippen molar-refractivity contribution < 1.29 is 28.5 Å². The fourth-order valence-electron chi connectivity index (χ4n) is 7.82. The Morgan fingerprint density at radius 2 is 1.90 bits per heavy atom. The molecular weight excluding hydrogens is 396 g/mol. The molecular formula is C25H34O6. The maximum absolute atomic E-state index is 12.2. The van der Waals surface area contributed by atoms with Gasteiger partial charge < -0.3 is 18.9 Å². The van der Waals surface area contributed by atoms with Crippen LogP contribution in [0.15, 0.2) is 23.5 Å². The van der Waals surface area contributed by atoms with Crippen molar-refractivity contribution >= 4 is 11.8 Å². The third-order valence-electron chi connectivity index (χ3n) is 9.29. The Kier molecular flexibility index (Phi) is 4.91. The first kappa shape index (κ1) is 21.2. The van der Waals surface area contributed by atoms with Crippen LogP contribution in [0.5, 0.6) is 0 Å². The standard InChI is InChI=1S/C25H34O6/c1-23-11-9-18-17-8-6-16(26)13-15(17)5-7-19(18)20(23)10-12-25(23)21(14-22(27)28-3)30-24(2,29-4)31-25/h13-14,17-20H,5-12H2,1-4H3/b21-14+/t17-,18+,19+,20-,23-,24?,25+/m0/s1. The van der Waals surface area contributed by atoms with Crippen molar-refractivity contribution in [2.24, 2.45) is 29.1 Å². The molecule has 4 aliphatic carbocycles. The number of rotatable bonds is 2. The molecule has 0 amide bonds. The molecule has 1 aliphatic heterocycles. The lowest BCUT2D eigenvalue weighted by Gasteiger charge is -2.55. The van der Waals surface area contributed by atoms with Crippen molar-refractivity contribution in [2.75, 3.05) is 14.2 Å². The molecule has 0 aromatic carbocycles. The highest BCUT2D eigenvalue weighted by Gasteiger charge is 2.70. The number of methoxy groups -OCH3 is 2. The molecule has 170 valence electrons. The van der Waals surface area contributed by atoms with E-state index in [1.165, 1.54) is 18.8 Å². The molecule has 0 aromatic heterocycles. The van der Waals surface area contributed by atoms with E-state index in [2.05, 4.69) is 6.92 Å². The van der Waals surface area contributed by atoms with E-state index < -0.39 is 17.5 Å². The first-order chi connectivity index (χ1) is 14.7. The number of ketones is 1. The molecule has 1 heterocycles. The molecule has 5 aliphatic rings. The summed E-state index contributed by atoms with van der Waals surface area (Å²) >= 11 is 0. The molecule has 0 radical (unpaired) electrons. The third-order valence-corrected chi connectivity index (χ3v) is 9.29. The summed E-state index contributed by atoms with van der Waals surface area (Å²) in [5.41, 5.74) is 0.573. The molecule has 1 saturated heterocycles. The summed E-state index contributed by atoms with van der Waals surface area (Å²) < 4.78 is 23.2. The van der Waals surface area contributed by atoms with E-state index in [0.29, 0.717) is 41.6 Å². The van der Waals surface area contributed by atoms with Crippen LogP contribution in [0.4, 0.5) is 0 Å². The summed E-state index contributed by atoms with van der Waals surface area (Å²) in [4.78, 5) is 24.1. The van der Waals surface area contributed by atoms with E-state index in [9.17, 15) is 9.59 Å². The van der Waals surface area contributed by atoms with Crippen molar-refractivity contribution in [2.45, 2.75) is 76.8 Å². The smallest absolute Gasteiger partial charge is 0.333 e. The second kappa shape index (κ2) is 7.17. The van der Waals surface area contributed by atoms with Crippen LogP contribution >= 0.6 is 0 Å². The highest BCUT2D eigenvalue weighted by molar-refractivity contribution is 5.91. The second-order valence-corrected chi connectivity index (χ2v) is 10.4. The van der Waals surface area contributed by atoms with Gasteiger partial charge >= 0.3 is 11.9 Å². The molecule has 31 heavy (non-hydrogen) atoms. The lowest BCUT2D eigenvalue weighted by atomic mass is 9.50. The number of ether oxygens (including phenoxy) is 4. The summed E-state index contributed by atoms with van der Waals surface area (Å²) in [6.07, 6.45) is 11.3. The molecule has 6 heteroatoms. The largest absolute Gasteiger partial charge is 0.466 e. The topological polar surface area (TPSA) is 71.1 Å². The molecule has 3 saturated carbocycles. The Morgan fingerprint density at radius 1 is 1.10 bits per heavy atom. The van der Waals surface area contributed by atoms with Crippen molar-refractivity contribution in [1.82, 2.24) is 0 Å². The lowest BCUT2D eigenvalue weighted by molar-refractivity contribution is -0.331. The van der Waals surface area contributed by atoms with Gasteiger partial charge in [0.1, 0.15) is 11.4 Å². The van der Waals surface area contributed by atoms with E-state index in [0.717, 1.165) is 44.9 Å². The number of esters is 1. The normalized spacial score (nSPS) is 47.4. The van der Waals surface area contributed by atoms with Gasteiger partial charge in [-0.3, -0.25) is 4.79 Å². The first-order valence-electron chi connectivity index (χ1n) is 11.7. The van der Waals surface area contributed by atoms with Crippen LogP contribution in [0.2, 0.25) is 0 Å². The monoisotopic (exact) mass is 430 g/mol. The Morgan fingerprint density at radius 3 is 2.65 bits per heavy atom. The summed E-state index contributed by atoms with van der Waals surface area (Å²) in [6, 6.07) is 0. The SMILES string of the molecule is COC(=O)/C=C1/OC(C)(OC)O[C@]12CC[C@H]1[C@@H]3CCC4=CC(=O)CC[C@@H]4[C@H]3CC[C@@]12C. The van der Waals surface area contributed by atoms with Gasteiger partial charge in [0, 0.05) is 25.9 Å². The number of hydrogen-bond acceptors (Lipinski definition) is 6. The fraction of sp³-hybridized carbons (Fsp3) is 0.760. The van der Waals surface area contributed by atoms with Crippen LogP contribution in [-0.4, -0.2) is 37.5 Å². The second-order valence-electron chi connectivity index (χ2n) is 10.4. The third kappa shape index (κ3) is 2.97. The maximum Gasteiger partial charge on any atom is 0.333 e. The van der Waals surface area contributed by atoms with Gasteiger partial charge in [0.2, 0.25) is 0 Å². The molecule has 1 spiro atoms. The van der Waals surface area contributed by atoms with Crippen LogP contribution in [0, 0.1) is 29.1 Å². The van der Waals surface area contributed by atoms with Crippen molar-refractivity contribution in [3.63, 3.8) is 0 Å². The Bertz CT molecular complexity index is 860. The van der Waals surface area contributed by atoms with Crippen LogP contribution < -0.4 is 0 Å². The zero-order valence-electron chi connectivity index (χ0n) is 19.1. The van der Waals surface area contributed by atoms with Crippen LogP contribution in [-0.2, 0) is 28.5 Å². The van der Waals surface area contributed by atoms with Gasteiger partial charge in [0.05, 0.1) is 13.2 Å². The van der Waals surface area contributed by atoms with E-state index in [1.54, 1.807) is 14.0 Å². The van der Waals surface area contributed by atoms with Gasteiger partial charge in [-0.2, -0.15) is 0 Å². The van der Waals surface area contributed by atoms with Crippen LogP contribution in [0.1, 0.15) is 65.2 Å². The Hall–Kier alpha value is -1.66. The molecule has 5 rings (SSSR count). The highest BCUT2D eigenvalue weighted by atomic mass is 16.9. The van der Waals surface area contributed by atoms with Gasteiger partial charge in [0.15, 0.2) is 5.78 Å².